The molecule has 1 aromatic carbocycles. The van der Waals surface area contributed by atoms with Gasteiger partial charge in [-0.2, -0.15) is 4.98 Å². The van der Waals surface area contributed by atoms with Crippen LogP contribution in [0.25, 0.3) is 11.4 Å². The quantitative estimate of drug-likeness (QED) is 0.916. The molecule has 0 radical (unpaired) electrons. The Labute approximate surface area is 124 Å². The highest BCUT2D eigenvalue weighted by Crippen LogP contribution is 2.22. The van der Waals surface area contributed by atoms with E-state index >= 15 is 0 Å². The summed E-state index contributed by atoms with van der Waals surface area (Å²) in [5, 5.41) is 7.60. The Morgan fingerprint density at radius 2 is 2.33 bits per heavy atom. The van der Waals surface area contributed by atoms with Crippen LogP contribution in [0.5, 0.6) is 5.75 Å². The first-order valence-corrected chi connectivity index (χ1v) is 7.55. The third kappa shape index (κ3) is 3.61. The zero-order chi connectivity index (χ0) is 14.5. The molecule has 3 rings (SSSR count). The molecule has 2 heterocycles. The molecule has 1 aliphatic rings. The zero-order valence-corrected chi connectivity index (χ0v) is 12.3. The van der Waals surface area contributed by atoms with E-state index < -0.39 is 0 Å². The van der Waals surface area contributed by atoms with Gasteiger partial charge in [-0.05, 0) is 37.9 Å². The summed E-state index contributed by atoms with van der Waals surface area (Å²) in [4.78, 5) is 4.48. The second-order valence-corrected chi connectivity index (χ2v) is 5.43. The Hall–Kier alpha value is -1.88. The fraction of sp³-hybridized carbons (Fsp3) is 0.500. The molecule has 1 atom stereocenters. The van der Waals surface area contributed by atoms with Crippen molar-refractivity contribution < 1.29 is 9.26 Å². The standard InChI is InChI=1S/C16H21N3O2/c1-20-14-7-4-5-12(11-14)16-18-15(21-19-16)9-8-13-6-2-3-10-17-13/h4-5,7,11,13,17H,2-3,6,8-10H2,1H3. The maximum absolute atomic E-state index is 5.35. The number of rotatable bonds is 5. The third-order valence-electron chi connectivity index (χ3n) is 3.92. The number of hydrogen-bond acceptors (Lipinski definition) is 5. The molecule has 1 aromatic heterocycles. The molecule has 5 heteroatoms. The van der Waals surface area contributed by atoms with Gasteiger partial charge < -0.3 is 14.6 Å². The van der Waals surface area contributed by atoms with Gasteiger partial charge in [0.05, 0.1) is 7.11 Å². The van der Waals surface area contributed by atoms with Gasteiger partial charge in [-0.3, -0.25) is 0 Å². The summed E-state index contributed by atoms with van der Waals surface area (Å²) in [6.07, 6.45) is 5.73. The molecule has 0 spiro atoms. The maximum atomic E-state index is 5.35. The number of nitrogens with zero attached hydrogens (tertiary/aromatic N) is 2. The van der Waals surface area contributed by atoms with Gasteiger partial charge in [0.1, 0.15) is 5.75 Å². The molecule has 1 aliphatic heterocycles. The summed E-state index contributed by atoms with van der Waals surface area (Å²) in [6.45, 7) is 1.13. The Balaban J connectivity index is 1.62. The fourth-order valence-electron chi connectivity index (χ4n) is 2.70. The highest BCUT2D eigenvalue weighted by Gasteiger charge is 2.15. The van der Waals surface area contributed by atoms with Gasteiger partial charge in [0.15, 0.2) is 0 Å². The van der Waals surface area contributed by atoms with Gasteiger partial charge in [0, 0.05) is 18.0 Å². The van der Waals surface area contributed by atoms with Crippen LogP contribution >= 0.6 is 0 Å². The minimum atomic E-state index is 0.589. The van der Waals surface area contributed by atoms with Crippen LogP contribution in [-0.2, 0) is 6.42 Å². The van der Waals surface area contributed by atoms with Crippen molar-refractivity contribution in [3.8, 4) is 17.1 Å². The molecule has 0 aliphatic carbocycles. The lowest BCUT2D eigenvalue weighted by atomic mass is 10.0. The second kappa shape index (κ2) is 6.72. The van der Waals surface area contributed by atoms with E-state index in [9.17, 15) is 0 Å². The molecular weight excluding hydrogens is 266 g/mol. The Kier molecular flexibility index (Phi) is 4.50. The van der Waals surface area contributed by atoms with Crippen molar-refractivity contribution in [2.45, 2.75) is 38.1 Å². The van der Waals surface area contributed by atoms with Gasteiger partial charge in [-0.1, -0.05) is 23.7 Å². The van der Waals surface area contributed by atoms with Crippen LogP contribution in [0.1, 0.15) is 31.6 Å². The zero-order valence-electron chi connectivity index (χ0n) is 12.3. The number of methoxy groups -OCH3 is 1. The van der Waals surface area contributed by atoms with E-state index in [2.05, 4.69) is 15.5 Å². The van der Waals surface area contributed by atoms with Crippen LogP contribution in [0.15, 0.2) is 28.8 Å². The van der Waals surface area contributed by atoms with Crippen LogP contribution in [0.2, 0.25) is 0 Å². The summed E-state index contributed by atoms with van der Waals surface area (Å²) in [7, 11) is 1.65. The lowest BCUT2D eigenvalue weighted by Gasteiger charge is -2.22. The van der Waals surface area contributed by atoms with Crippen molar-refractivity contribution in [1.29, 1.82) is 0 Å². The number of nitrogens with one attached hydrogen (secondary N) is 1. The molecule has 1 unspecified atom stereocenters. The van der Waals surface area contributed by atoms with Crippen molar-refractivity contribution in [3.63, 3.8) is 0 Å². The number of ether oxygens (including phenoxy) is 1. The monoisotopic (exact) mass is 287 g/mol. The molecule has 2 aromatic rings. The Morgan fingerprint density at radius 1 is 1.38 bits per heavy atom. The van der Waals surface area contributed by atoms with E-state index in [0.29, 0.717) is 17.8 Å². The SMILES string of the molecule is COc1cccc(-c2noc(CCC3CCCCN3)n2)c1. The van der Waals surface area contributed by atoms with E-state index in [-0.39, 0.29) is 0 Å². The van der Waals surface area contributed by atoms with E-state index in [0.717, 1.165) is 30.7 Å². The molecule has 5 nitrogen and oxygen atoms in total. The molecule has 0 amide bonds. The van der Waals surface area contributed by atoms with E-state index in [1.165, 1.54) is 19.3 Å². The first-order valence-electron chi connectivity index (χ1n) is 7.55. The van der Waals surface area contributed by atoms with Crippen LogP contribution in [0.4, 0.5) is 0 Å². The normalized spacial score (nSPS) is 18.6. The fourth-order valence-corrected chi connectivity index (χ4v) is 2.70. The molecule has 0 saturated carbocycles. The van der Waals surface area contributed by atoms with Gasteiger partial charge in [-0.25, -0.2) is 0 Å². The van der Waals surface area contributed by atoms with Crippen LogP contribution in [-0.4, -0.2) is 29.8 Å². The van der Waals surface area contributed by atoms with Crippen molar-refractivity contribution in [2.24, 2.45) is 0 Å². The second-order valence-electron chi connectivity index (χ2n) is 5.43. The largest absolute Gasteiger partial charge is 0.497 e. The summed E-state index contributed by atoms with van der Waals surface area (Å²) >= 11 is 0. The molecule has 112 valence electrons. The Bertz CT molecular complexity index is 576. The van der Waals surface area contributed by atoms with Gasteiger partial charge in [0.2, 0.25) is 11.7 Å². The van der Waals surface area contributed by atoms with Gasteiger partial charge >= 0.3 is 0 Å². The molecular formula is C16H21N3O2. The molecule has 21 heavy (non-hydrogen) atoms. The van der Waals surface area contributed by atoms with E-state index in [4.69, 9.17) is 9.26 Å². The first kappa shape index (κ1) is 14.1. The van der Waals surface area contributed by atoms with Gasteiger partial charge in [0.25, 0.3) is 0 Å². The van der Waals surface area contributed by atoms with Crippen molar-refractivity contribution in [1.82, 2.24) is 15.5 Å². The summed E-state index contributed by atoms with van der Waals surface area (Å²) in [5.74, 6) is 2.13. The molecule has 1 N–H and O–H groups in total. The minimum absolute atomic E-state index is 0.589. The number of benzene rings is 1. The predicted octanol–water partition coefficient (Wildman–Crippen LogP) is 2.82. The number of aryl methyl sites for hydroxylation is 1. The van der Waals surface area contributed by atoms with E-state index in [1.54, 1.807) is 7.11 Å². The average Bonchev–Trinajstić information content (AvgIpc) is 3.03. The topological polar surface area (TPSA) is 60.2 Å². The highest BCUT2D eigenvalue weighted by atomic mass is 16.5. The van der Waals surface area contributed by atoms with Crippen molar-refractivity contribution >= 4 is 0 Å². The number of aromatic nitrogens is 2. The molecule has 1 fully saturated rings. The van der Waals surface area contributed by atoms with Crippen LogP contribution < -0.4 is 10.1 Å². The number of hydrogen-bond donors (Lipinski definition) is 1. The molecule has 1 saturated heterocycles. The highest BCUT2D eigenvalue weighted by molar-refractivity contribution is 5.56. The predicted molar refractivity (Wildman–Crippen MR) is 80.2 cm³/mol. The Morgan fingerprint density at radius 3 is 3.14 bits per heavy atom. The van der Waals surface area contributed by atoms with Gasteiger partial charge in [-0.15, -0.1) is 0 Å². The number of piperidine rings is 1. The van der Waals surface area contributed by atoms with Crippen molar-refractivity contribution in [2.75, 3.05) is 13.7 Å². The lowest BCUT2D eigenvalue weighted by molar-refractivity contribution is 0.342. The van der Waals surface area contributed by atoms with Crippen molar-refractivity contribution in [3.05, 3.63) is 30.2 Å². The minimum Gasteiger partial charge on any atom is -0.497 e. The van der Waals surface area contributed by atoms with Crippen LogP contribution in [0, 0.1) is 0 Å². The lowest BCUT2D eigenvalue weighted by Crippen LogP contribution is -2.34. The average molecular weight is 287 g/mol. The first-order chi connectivity index (χ1) is 10.3. The molecule has 0 bridgehead atoms. The third-order valence-corrected chi connectivity index (χ3v) is 3.92. The maximum Gasteiger partial charge on any atom is 0.227 e. The summed E-state index contributed by atoms with van der Waals surface area (Å²) in [5.41, 5.74) is 0.917. The smallest absolute Gasteiger partial charge is 0.227 e. The van der Waals surface area contributed by atoms with E-state index in [1.807, 2.05) is 24.3 Å². The summed E-state index contributed by atoms with van der Waals surface area (Å²) in [6, 6.07) is 8.29. The summed E-state index contributed by atoms with van der Waals surface area (Å²) < 4.78 is 10.6. The van der Waals surface area contributed by atoms with Crippen LogP contribution in [0.3, 0.4) is 0 Å².